The Hall–Kier alpha value is -2.25. The van der Waals surface area contributed by atoms with Gasteiger partial charge >= 0.3 is 0 Å². The number of nitrogens with zero attached hydrogens (tertiary/aromatic N) is 7. The fourth-order valence-electron chi connectivity index (χ4n) is 2.39. The normalized spacial score (nSPS) is 17.9. The third-order valence-electron chi connectivity index (χ3n) is 3.89. The highest BCUT2D eigenvalue weighted by Gasteiger charge is 2.30. The smallest absolute Gasteiger partial charge is 0.258 e. The Balaban J connectivity index is 1.64. The van der Waals surface area contributed by atoms with Gasteiger partial charge < -0.3 is 10.6 Å². The van der Waals surface area contributed by atoms with Crippen LogP contribution in [-0.2, 0) is 0 Å². The Morgan fingerprint density at radius 3 is 2.38 bits per heavy atom. The molecule has 2 saturated carbocycles. The van der Waals surface area contributed by atoms with Crippen LogP contribution in [0.15, 0.2) is 12.7 Å². The van der Waals surface area contributed by atoms with Crippen molar-refractivity contribution in [2.45, 2.75) is 25.7 Å². The van der Waals surface area contributed by atoms with Crippen molar-refractivity contribution in [1.29, 1.82) is 0 Å². The van der Waals surface area contributed by atoms with E-state index < -0.39 is 0 Å². The summed E-state index contributed by atoms with van der Waals surface area (Å²) in [5, 5.41) is 4.05. The summed E-state index contributed by atoms with van der Waals surface area (Å²) in [4.78, 5) is 19.2. The highest BCUT2D eigenvalue weighted by atomic mass is 15.4. The molecule has 2 aliphatic carbocycles. The second-order valence-corrected chi connectivity index (χ2v) is 5.93. The van der Waals surface area contributed by atoms with Crippen LogP contribution in [0.1, 0.15) is 25.7 Å². The summed E-state index contributed by atoms with van der Waals surface area (Å²) < 4.78 is 1.51. The first kappa shape index (κ1) is 12.5. The van der Waals surface area contributed by atoms with Crippen molar-refractivity contribution in [3.63, 3.8) is 0 Å². The Bertz CT molecular complexity index is 603. The van der Waals surface area contributed by atoms with E-state index >= 15 is 0 Å². The van der Waals surface area contributed by atoms with Gasteiger partial charge in [-0.3, -0.25) is 0 Å². The summed E-state index contributed by atoms with van der Waals surface area (Å²) in [6.07, 6.45) is 8.22. The van der Waals surface area contributed by atoms with Crippen LogP contribution in [0.25, 0.3) is 5.95 Å². The van der Waals surface area contributed by atoms with E-state index in [1.54, 1.807) is 6.33 Å². The number of rotatable bonds is 6. The first-order valence-corrected chi connectivity index (χ1v) is 7.39. The molecule has 0 aromatic carbocycles. The molecule has 4 rings (SSSR count). The van der Waals surface area contributed by atoms with E-state index in [-0.39, 0.29) is 5.95 Å². The van der Waals surface area contributed by atoms with E-state index in [1.807, 2.05) is 0 Å². The highest BCUT2D eigenvalue weighted by Crippen LogP contribution is 2.35. The molecule has 0 saturated heterocycles. The second kappa shape index (κ2) is 4.94. The maximum Gasteiger partial charge on any atom is 0.258 e. The molecule has 2 heterocycles. The maximum absolute atomic E-state index is 5.85. The molecule has 0 atom stereocenters. The van der Waals surface area contributed by atoms with E-state index in [4.69, 9.17) is 5.73 Å². The van der Waals surface area contributed by atoms with Gasteiger partial charge in [0.05, 0.1) is 0 Å². The molecule has 0 unspecified atom stereocenters. The minimum atomic E-state index is 0.224. The van der Waals surface area contributed by atoms with Crippen molar-refractivity contribution in [2.75, 3.05) is 23.7 Å². The van der Waals surface area contributed by atoms with Gasteiger partial charge in [0.2, 0.25) is 11.9 Å². The second-order valence-electron chi connectivity index (χ2n) is 5.93. The van der Waals surface area contributed by atoms with Gasteiger partial charge in [0.15, 0.2) is 0 Å². The molecular weight excluding hydrogens is 268 g/mol. The monoisotopic (exact) mass is 286 g/mol. The van der Waals surface area contributed by atoms with Crippen molar-refractivity contribution < 1.29 is 0 Å². The first-order chi connectivity index (χ1) is 10.3. The van der Waals surface area contributed by atoms with Gasteiger partial charge in [-0.1, -0.05) is 0 Å². The zero-order valence-electron chi connectivity index (χ0n) is 11.8. The molecule has 0 radical (unpaired) electrons. The quantitative estimate of drug-likeness (QED) is 0.832. The number of nitrogen functional groups attached to an aromatic ring is 1. The molecule has 2 aromatic heterocycles. The molecule has 0 aliphatic heterocycles. The van der Waals surface area contributed by atoms with Crippen LogP contribution in [0.5, 0.6) is 0 Å². The zero-order valence-corrected chi connectivity index (χ0v) is 11.8. The van der Waals surface area contributed by atoms with Gasteiger partial charge in [-0.15, -0.1) is 0 Å². The predicted octanol–water partition coefficient (Wildman–Crippen LogP) is 0.661. The fraction of sp³-hybridized carbons (Fsp3) is 0.615. The van der Waals surface area contributed by atoms with Crippen LogP contribution in [0.3, 0.4) is 0 Å². The third-order valence-corrected chi connectivity index (χ3v) is 3.89. The zero-order chi connectivity index (χ0) is 14.2. The molecule has 2 N–H and O–H groups in total. The van der Waals surface area contributed by atoms with Crippen molar-refractivity contribution >= 4 is 11.9 Å². The lowest BCUT2D eigenvalue weighted by atomic mass is 10.3. The number of anilines is 2. The minimum Gasteiger partial charge on any atom is -0.368 e. The summed E-state index contributed by atoms with van der Waals surface area (Å²) >= 11 is 0. The number of aromatic nitrogens is 6. The highest BCUT2D eigenvalue weighted by molar-refractivity contribution is 5.38. The Kier molecular flexibility index (Phi) is 2.94. The summed E-state index contributed by atoms with van der Waals surface area (Å²) in [7, 11) is 0. The average molecular weight is 286 g/mol. The molecule has 0 spiro atoms. The number of hydrogen-bond acceptors (Lipinski definition) is 7. The van der Waals surface area contributed by atoms with Crippen molar-refractivity contribution in [3.8, 4) is 5.95 Å². The minimum absolute atomic E-state index is 0.224. The van der Waals surface area contributed by atoms with E-state index in [0.29, 0.717) is 11.9 Å². The molecule has 0 amide bonds. The van der Waals surface area contributed by atoms with Crippen LogP contribution in [0, 0.1) is 11.8 Å². The third kappa shape index (κ3) is 2.93. The molecule has 8 heteroatoms. The molecule has 2 aromatic rings. The first-order valence-electron chi connectivity index (χ1n) is 7.39. The Morgan fingerprint density at radius 1 is 1.10 bits per heavy atom. The van der Waals surface area contributed by atoms with Gasteiger partial charge in [0, 0.05) is 13.1 Å². The Labute approximate surface area is 122 Å². The van der Waals surface area contributed by atoms with Crippen molar-refractivity contribution in [3.05, 3.63) is 12.7 Å². The van der Waals surface area contributed by atoms with E-state index in [9.17, 15) is 0 Å². The lowest BCUT2D eigenvalue weighted by Gasteiger charge is -2.22. The maximum atomic E-state index is 5.85. The van der Waals surface area contributed by atoms with Gasteiger partial charge in [0.1, 0.15) is 12.7 Å². The summed E-state index contributed by atoms with van der Waals surface area (Å²) in [6, 6.07) is 0. The summed E-state index contributed by atoms with van der Waals surface area (Å²) in [6.45, 7) is 2.02. The van der Waals surface area contributed by atoms with Gasteiger partial charge in [-0.2, -0.15) is 24.7 Å². The summed E-state index contributed by atoms with van der Waals surface area (Å²) in [5.74, 6) is 2.86. The van der Waals surface area contributed by atoms with Crippen molar-refractivity contribution in [1.82, 2.24) is 29.7 Å². The largest absolute Gasteiger partial charge is 0.368 e. The molecule has 2 fully saturated rings. The standard InChI is InChI=1S/C13H18N8/c14-11-17-12(19-13(18-11)21-8-15-7-16-21)20(5-9-1-2-9)6-10-3-4-10/h7-10H,1-6H2,(H2,14,17,18,19). The molecule has 110 valence electrons. The molecule has 21 heavy (non-hydrogen) atoms. The Morgan fingerprint density at radius 2 is 1.81 bits per heavy atom. The molecule has 0 bridgehead atoms. The van der Waals surface area contributed by atoms with E-state index in [0.717, 1.165) is 24.9 Å². The van der Waals surface area contributed by atoms with Crippen LogP contribution in [0.2, 0.25) is 0 Å². The van der Waals surface area contributed by atoms with Gasteiger partial charge in [-0.05, 0) is 37.5 Å². The SMILES string of the molecule is Nc1nc(N(CC2CC2)CC2CC2)nc(-n2cncn2)n1. The van der Waals surface area contributed by atoms with Gasteiger partial charge in [0.25, 0.3) is 5.95 Å². The lowest BCUT2D eigenvalue weighted by Crippen LogP contribution is -2.30. The predicted molar refractivity (Wildman–Crippen MR) is 76.8 cm³/mol. The van der Waals surface area contributed by atoms with Crippen LogP contribution >= 0.6 is 0 Å². The summed E-state index contributed by atoms with van der Waals surface area (Å²) in [5.41, 5.74) is 5.85. The van der Waals surface area contributed by atoms with E-state index in [1.165, 1.54) is 36.7 Å². The topological polar surface area (TPSA) is 98.6 Å². The molecule has 2 aliphatic rings. The van der Waals surface area contributed by atoms with Crippen molar-refractivity contribution in [2.24, 2.45) is 11.8 Å². The van der Waals surface area contributed by atoms with Crippen LogP contribution < -0.4 is 10.6 Å². The number of hydrogen-bond donors (Lipinski definition) is 1. The fourth-order valence-corrected chi connectivity index (χ4v) is 2.39. The average Bonchev–Trinajstić information content (AvgIpc) is 3.39. The van der Waals surface area contributed by atoms with Crippen LogP contribution in [0.4, 0.5) is 11.9 Å². The number of nitrogens with two attached hydrogens (primary N) is 1. The lowest BCUT2D eigenvalue weighted by molar-refractivity contribution is 0.655. The molecule has 8 nitrogen and oxygen atoms in total. The van der Waals surface area contributed by atoms with E-state index in [2.05, 4.69) is 29.9 Å². The van der Waals surface area contributed by atoms with Crippen LogP contribution in [-0.4, -0.2) is 42.8 Å². The molecular formula is C13H18N8. The van der Waals surface area contributed by atoms with Gasteiger partial charge in [-0.25, -0.2) is 4.98 Å².